The lowest BCUT2D eigenvalue weighted by Crippen LogP contribution is -2.11. The Hall–Kier alpha value is -2.48. The Morgan fingerprint density at radius 3 is 2.07 bits per heavy atom. The van der Waals surface area contributed by atoms with Crippen molar-refractivity contribution in [2.45, 2.75) is 20.3 Å². The average molecular weight is 409 g/mol. The molecule has 0 radical (unpaired) electrons. The molecular weight excluding hydrogens is 385 g/mol. The van der Waals surface area contributed by atoms with Crippen LogP contribution in [0.2, 0.25) is 0 Å². The fourth-order valence-corrected chi connectivity index (χ4v) is 4.06. The Morgan fingerprint density at radius 1 is 1.07 bits per heavy atom. The molecular formula is C18H24N3O6P. The highest BCUT2D eigenvalue weighted by molar-refractivity contribution is 7.72. The molecule has 152 valence electrons. The third-order valence-electron chi connectivity index (χ3n) is 3.60. The average Bonchev–Trinajstić information content (AvgIpc) is 2.69. The zero-order valence-corrected chi connectivity index (χ0v) is 17.2. The van der Waals surface area contributed by atoms with Crippen molar-refractivity contribution in [3.05, 3.63) is 36.2 Å². The summed E-state index contributed by atoms with van der Waals surface area (Å²) in [6, 6.07) is 4.85. The number of ether oxygens (including phenoxy) is 2. The molecule has 28 heavy (non-hydrogen) atoms. The van der Waals surface area contributed by atoms with E-state index in [0.717, 1.165) is 0 Å². The van der Waals surface area contributed by atoms with E-state index in [4.69, 9.17) is 18.5 Å². The van der Waals surface area contributed by atoms with Crippen LogP contribution in [0.15, 0.2) is 35.6 Å². The van der Waals surface area contributed by atoms with Crippen molar-refractivity contribution in [1.82, 2.24) is 9.97 Å². The van der Waals surface area contributed by atoms with E-state index in [-0.39, 0.29) is 48.3 Å². The van der Waals surface area contributed by atoms with Crippen LogP contribution in [0.1, 0.15) is 19.4 Å². The molecule has 0 saturated heterocycles. The molecule has 1 heterocycles. The number of hydrogen-bond acceptors (Lipinski definition) is 9. The predicted molar refractivity (Wildman–Crippen MR) is 105 cm³/mol. The molecule has 1 N–H and O–H groups in total. The number of methoxy groups -OCH3 is 2. The van der Waals surface area contributed by atoms with E-state index in [9.17, 15) is 9.67 Å². The minimum Gasteiger partial charge on any atom is -0.502 e. The van der Waals surface area contributed by atoms with E-state index in [1.54, 1.807) is 32.0 Å². The molecule has 0 spiro atoms. The fraction of sp³-hybridized carbons (Fsp3) is 0.389. The fourth-order valence-electron chi connectivity index (χ4n) is 2.42. The van der Waals surface area contributed by atoms with E-state index in [0.29, 0.717) is 5.56 Å². The van der Waals surface area contributed by atoms with Gasteiger partial charge in [0.15, 0.2) is 11.5 Å². The van der Waals surface area contributed by atoms with E-state index in [1.165, 1.54) is 26.6 Å². The molecule has 0 aliphatic carbocycles. The molecule has 9 nitrogen and oxygen atoms in total. The SMILES string of the molecule is CCOP(=O)(OCC)C(Cc1cc(OC)c(O)c(OC)c1)=Nc1ncccn1. The van der Waals surface area contributed by atoms with Crippen molar-refractivity contribution in [2.75, 3.05) is 27.4 Å². The van der Waals surface area contributed by atoms with Crippen molar-refractivity contribution >= 4 is 19.0 Å². The summed E-state index contributed by atoms with van der Waals surface area (Å²) in [6.07, 6.45) is 3.15. The third kappa shape index (κ3) is 5.28. The van der Waals surface area contributed by atoms with Crippen molar-refractivity contribution in [1.29, 1.82) is 0 Å². The summed E-state index contributed by atoms with van der Waals surface area (Å²) in [5, 5.41) is 10.1. The number of aromatic hydroxyl groups is 1. The van der Waals surface area contributed by atoms with E-state index >= 15 is 0 Å². The lowest BCUT2D eigenvalue weighted by Gasteiger charge is -2.19. The maximum atomic E-state index is 13.4. The van der Waals surface area contributed by atoms with Gasteiger partial charge in [-0.2, -0.15) is 0 Å². The second kappa shape index (κ2) is 10.2. The van der Waals surface area contributed by atoms with Gasteiger partial charge in [-0.3, -0.25) is 4.57 Å². The molecule has 2 rings (SSSR count). The molecule has 1 aromatic carbocycles. The summed E-state index contributed by atoms with van der Waals surface area (Å²) in [7, 11) is -0.840. The van der Waals surface area contributed by atoms with Gasteiger partial charge >= 0.3 is 7.60 Å². The summed E-state index contributed by atoms with van der Waals surface area (Å²) in [5.74, 6) is 0.436. The molecule has 0 aliphatic rings. The molecule has 0 aliphatic heterocycles. The number of benzene rings is 1. The second-order valence-corrected chi connectivity index (χ2v) is 7.46. The highest BCUT2D eigenvalue weighted by Crippen LogP contribution is 2.51. The smallest absolute Gasteiger partial charge is 0.375 e. The standard InChI is InChI=1S/C18H24N3O6P/c1-5-26-28(23,27-6-2)16(21-18-19-8-7-9-20-18)12-13-10-14(24-3)17(22)15(11-13)25-4/h7-11,22H,5-6,12H2,1-4H3. The zero-order valence-electron chi connectivity index (χ0n) is 16.3. The molecule has 0 unspecified atom stereocenters. The quantitative estimate of drug-likeness (QED) is 0.466. The summed E-state index contributed by atoms with van der Waals surface area (Å²) in [5.41, 5.74) is 0.762. The Balaban J connectivity index is 2.54. The maximum absolute atomic E-state index is 13.4. The number of nitrogens with zero attached hydrogens (tertiary/aromatic N) is 3. The number of aliphatic imine (C=N–C) groups is 1. The van der Waals surface area contributed by atoms with Gasteiger partial charge in [0.25, 0.3) is 0 Å². The summed E-state index contributed by atoms with van der Waals surface area (Å²) in [6.45, 7) is 3.78. The van der Waals surface area contributed by atoms with E-state index < -0.39 is 7.60 Å². The van der Waals surface area contributed by atoms with Crippen LogP contribution in [-0.4, -0.2) is 48.0 Å². The van der Waals surface area contributed by atoms with Gasteiger partial charge in [0.05, 0.1) is 27.4 Å². The molecule has 10 heteroatoms. The minimum absolute atomic E-state index is 0.0858. The Labute approximate surface area is 163 Å². The summed E-state index contributed by atoms with van der Waals surface area (Å²) in [4.78, 5) is 12.4. The van der Waals surface area contributed by atoms with Gasteiger partial charge in [-0.1, -0.05) is 0 Å². The topological polar surface area (TPSA) is 112 Å². The zero-order chi connectivity index (χ0) is 20.6. The first-order valence-electron chi connectivity index (χ1n) is 8.65. The van der Waals surface area contributed by atoms with Crippen LogP contribution < -0.4 is 9.47 Å². The molecule has 2 aromatic rings. The molecule has 0 bridgehead atoms. The Kier molecular flexibility index (Phi) is 7.92. The van der Waals surface area contributed by atoms with Crippen LogP contribution in [0.3, 0.4) is 0 Å². The van der Waals surface area contributed by atoms with Crippen LogP contribution >= 0.6 is 7.60 Å². The van der Waals surface area contributed by atoms with Crippen LogP contribution in [0, 0.1) is 0 Å². The molecule has 1 aromatic heterocycles. The van der Waals surface area contributed by atoms with Crippen molar-refractivity contribution in [2.24, 2.45) is 4.99 Å². The van der Waals surface area contributed by atoms with Crippen LogP contribution in [-0.2, 0) is 20.0 Å². The van der Waals surface area contributed by atoms with Crippen molar-refractivity contribution < 1.29 is 28.2 Å². The number of rotatable bonds is 10. The van der Waals surface area contributed by atoms with Crippen LogP contribution in [0.25, 0.3) is 0 Å². The van der Waals surface area contributed by atoms with Gasteiger partial charge in [0, 0.05) is 18.8 Å². The first-order valence-corrected chi connectivity index (χ1v) is 10.2. The van der Waals surface area contributed by atoms with E-state index in [1.807, 2.05) is 0 Å². The van der Waals surface area contributed by atoms with Gasteiger partial charge in [0.2, 0.25) is 11.7 Å². The van der Waals surface area contributed by atoms with Gasteiger partial charge in [-0.15, -0.1) is 0 Å². The minimum atomic E-state index is -3.69. The monoisotopic (exact) mass is 409 g/mol. The lowest BCUT2D eigenvalue weighted by atomic mass is 10.1. The van der Waals surface area contributed by atoms with Crippen molar-refractivity contribution in [3.8, 4) is 17.2 Å². The molecule has 0 fully saturated rings. The normalized spacial score (nSPS) is 12.1. The number of aromatic nitrogens is 2. The number of hydrogen-bond donors (Lipinski definition) is 1. The first kappa shape index (κ1) is 21.8. The predicted octanol–water partition coefficient (Wildman–Crippen LogP) is 3.74. The van der Waals surface area contributed by atoms with Crippen molar-refractivity contribution in [3.63, 3.8) is 0 Å². The molecule has 0 atom stereocenters. The van der Waals surface area contributed by atoms with Gasteiger partial charge < -0.3 is 23.6 Å². The highest BCUT2D eigenvalue weighted by atomic mass is 31.2. The summed E-state index contributed by atoms with van der Waals surface area (Å²) < 4.78 is 34.6. The molecule has 0 saturated carbocycles. The third-order valence-corrected chi connectivity index (χ3v) is 5.68. The van der Waals surface area contributed by atoms with Gasteiger partial charge in [-0.25, -0.2) is 15.0 Å². The van der Waals surface area contributed by atoms with Crippen LogP contribution in [0.5, 0.6) is 17.2 Å². The van der Waals surface area contributed by atoms with Crippen LogP contribution in [0.4, 0.5) is 5.95 Å². The van der Waals surface area contributed by atoms with E-state index in [2.05, 4.69) is 15.0 Å². The second-order valence-electron chi connectivity index (χ2n) is 5.44. The Morgan fingerprint density at radius 2 is 1.61 bits per heavy atom. The first-order chi connectivity index (χ1) is 13.5. The highest BCUT2D eigenvalue weighted by Gasteiger charge is 2.32. The largest absolute Gasteiger partial charge is 0.502 e. The van der Waals surface area contributed by atoms with Gasteiger partial charge in [-0.05, 0) is 37.6 Å². The summed E-state index contributed by atoms with van der Waals surface area (Å²) >= 11 is 0. The Bertz CT molecular complexity index is 825. The lowest BCUT2D eigenvalue weighted by molar-refractivity contribution is 0.232. The maximum Gasteiger partial charge on any atom is 0.375 e. The number of phenols is 1. The molecule has 0 amide bonds. The van der Waals surface area contributed by atoms with Gasteiger partial charge in [0.1, 0.15) is 5.45 Å². The number of phenolic OH excluding ortho intramolecular Hbond substituents is 1.